The quantitative estimate of drug-likeness (QED) is 0.326. The van der Waals surface area contributed by atoms with E-state index in [1.165, 1.54) is 4.90 Å². The molecule has 0 saturated carbocycles. The monoisotopic (exact) mass is 483 g/mol. The third-order valence-electron chi connectivity index (χ3n) is 5.24. The predicted octanol–water partition coefficient (Wildman–Crippen LogP) is 1.29. The molecule has 0 spiro atoms. The second-order valence-corrected chi connectivity index (χ2v) is 9.70. The number of hydrogen-bond donors (Lipinski definition) is 5. The van der Waals surface area contributed by atoms with Crippen molar-refractivity contribution in [2.75, 3.05) is 6.54 Å². The van der Waals surface area contributed by atoms with Crippen molar-refractivity contribution in [3.05, 3.63) is 71.8 Å². The van der Waals surface area contributed by atoms with E-state index >= 15 is 0 Å². The highest BCUT2D eigenvalue weighted by Gasteiger charge is 2.29. The molecule has 0 bridgehead atoms. The second-order valence-electron chi connectivity index (χ2n) is 9.70. The van der Waals surface area contributed by atoms with Gasteiger partial charge in [-0.3, -0.25) is 9.59 Å². The van der Waals surface area contributed by atoms with Gasteiger partial charge in [0.15, 0.2) is 0 Å². The first-order valence-electron chi connectivity index (χ1n) is 11.6. The molecule has 9 nitrogen and oxygen atoms in total. The zero-order chi connectivity index (χ0) is 26.0. The molecule has 4 amide bonds. The number of hydrogen-bond acceptors (Lipinski definition) is 5. The third kappa shape index (κ3) is 10.2. The van der Waals surface area contributed by atoms with Crippen LogP contribution in [0, 0.1) is 0 Å². The summed E-state index contributed by atoms with van der Waals surface area (Å²) in [7, 11) is 0. The van der Waals surface area contributed by atoms with Crippen molar-refractivity contribution in [2.45, 2.75) is 63.9 Å². The van der Waals surface area contributed by atoms with Crippen LogP contribution in [0.2, 0.25) is 0 Å². The molecule has 2 rings (SSSR count). The maximum Gasteiger partial charge on any atom is 0.318 e. The van der Waals surface area contributed by atoms with Crippen LogP contribution in [0.15, 0.2) is 60.7 Å². The van der Waals surface area contributed by atoms with Crippen LogP contribution in [0.3, 0.4) is 0 Å². The smallest absolute Gasteiger partial charge is 0.318 e. The van der Waals surface area contributed by atoms with Gasteiger partial charge >= 0.3 is 6.03 Å². The standard InChI is InChI=1S/C26H37N5O4/c1-26(2,3)30-25(35)31(16-19-12-8-5-9-13-19)17-22(32)21(14-18-10-6-4-7-11-18)29-24(34)20(27)15-23(28)33/h4-13,20-22,32H,14-17,27H2,1-3H3,(H2,28,33)(H,29,34)(H,30,35)/t20-,21-,22+/m0/s1. The van der Waals surface area contributed by atoms with Gasteiger partial charge in [0.1, 0.15) is 0 Å². The highest BCUT2D eigenvalue weighted by Crippen LogP contribution is 2.12. The highest BCUT2D eigenvalue weighted by molar-refractivity contribution is 5.87. The molecule has 0 aromatic heterocycles. The minimum absolute atomic E-state index is 0.0420. The number of nitrogens with zero attached hydrogens (tertiary/aromatic N) is 1. The maximum atomic E-state index is 13.1. The van der Waals surface area contributed by atoms with Crippen molar-refractivity contribution in [1.82, 2.24) is 15.5 Å². The molecule has 0 aliphatic heterocycles. The summed E-state index contributed by atoms with van der Waals surface area (Å²) in [6, 6.07) is 16.6. The lowest BCUT2D eigenvalue weighted by molar-refractivity contribution is -0.127. The van der Waals surface area contributed by atoms with Crippen LogP contribution in [-0.4, -0.2) is 58.1 Å². The van der Waals surface area contributed by atoms with E-state index in [0.717, 1.165) is 11.1 Å². The van der Waals surface area contributed by atoms with Gasteiger partial charge in [-0.2, -0.15) is 0 Å². The molecule has 3 atom stereocenters. The Morgan fingerprint density at radius 3 is 2.03 bits per heavy atom. The van der Waals surface area contributed by atoms with Crippen molar-refractivity contribution in [2.24, 2.45) is 11.5 Å². The number of carbonyl (C=O) groups excluding carboxylic acids is 3. The Kier molecular flexibility index (Phi) is 10.2. The SMILES string of the molecule is CC(C)(C)NC(=O)N(Cc1ccccc1)C[C@@H](O)[C@H](Cc1ccccc1)NC(=O)[C@@H](N)CC(N)=O. The van der Waals surface area contributed by atoms with Gasteiger partial charge in [0, 0.05) is 12.1 Å². The molecule has 7 N–H and O–H groups in total. The van der Waals surface area contributed by atoms with E-state index in [1.54, 1.807) is 0 Å². The lowest BCUT2D eigenvalue weighted by atomic mass is 9.99. The number of rotatable bonds is 11. The van der Waals surface area contributed by atoms with Crippen LogP contribution in [0.5, 0.6) is 0 Å². The molecule has 0 fully saturated rings. The minimum Gasteiger partial charge on any atom is -0.389 e. The average Bonchev–Trinajstić information content (AvgIpc) is 2.78. The molecule has 0 unspecified atom stereocenters. The Bertz CT molecular complexity index is 963. The van der Waals surface area contributed by atoms with E-state index in [0.29, 0.717) is 6.42 Å². The van der Waals surface area contributed by atoms with Crippen LogP contribution in [0.4, 0.5) is 4.79 Å². The molecule has 0 radical (unpaired) electrons. The topological polar surface area (TPSA) is 151 Å². The molecule has 35 heavy (non-hydrogen) atoms. The Labute approximate surface area is 206 Å². The molecule has 2 aromatic carbocycles. The van der Waals surface area contributed by atoms with Crippen molar-refractivity contribution < 1.29 is 19.5 Å². The Hall–Kier alpha value is -3.43. The molecule has 0 aliphatic rings. The number of benzene rings is 2. The van der Waals surface area contributed by atoms with Gasteiger partial charge in [0.05, 0.1) is 31.2 Å². The largest absolute Gasteiger partial charge is 0.389 e. The zero-order valence-electron chi connectivity index (χ0n) is 20.6. The summed E-state index contributed by atoms with van der Waals surface area (Å²) < 4.78 is 0. The van der Waals surface area contributed by atoms with Gasteiger partial charge in [-0.1, -0.05) is 60.7 Å². The summed E-state index contributed by atoms with van der Waals surface area (Å²) in [6.45, 7) is 5.86. The molecule has 9 heteroatoms. The predicted molar refractivity (Wildman–Crippen MR) is 135 cm³/mol. The molecular weight excluding hydrogens is 446 g/mol. The van der Waals surface area contributed by atoms with E-state index in [1.807, 2.05) is 81.4 Å². The Balaban J connectivity index is 2.25. The third-order valence-corrected chi connectivity index (χ3v) is 5.24. The van der Waals surface area contributed by atoms with Gasteiger partial charge in [0.2, 0.25) is 11.8 Å². The number of primary amides is 1. The molecular formula is C26H37N5O4. The van der Waals surface area contributed by atoms with Crippen LogP contribution < -0.4 is 22.1 Å². The number of amides is 4. The number of nitrogens with two attached hydrogens (primary N) is 2. The summed E-state index contributed by atoms with van der Waals surface area (Å²) in [5, 5.41) is 16.9. The van der Waals surface area contributed by atoms with Gasteiger partial charge in [-0.15, -0.1) is 0 Å². The van der Waals surface area contributed by atoms with Crippen molar-refractivity contribution >= 4 is 17.8 Å². The number of urea groups is 1. The van der Waals surface area contributed by atoms with E-state index < -0.39 is 35.5 Å². The first-order valence-corrected chi connectivity index (χ1v) is 11.6. The van der Waals surface area contributed by atoms with Crippen LogP contribution in [0.25, 0.3) is 0 Å². The van der Waals surface area contributed by atoms with Gasteiger partial charge in [-0.05, 0) is 38.3 Å². The fraction of sp³-hybridized carbons (Fsp3) is 0.423. The molecule has 0 saturated heterocycles. The normalized spacial score (nSPS) is 13.9. The van der Waals surface area contributed by atoms with E-state index in [-0.39, 0.29) is 25.5 Å². The van der Waals surface area contributed by atoms with Gasteiger partial charge in [0.25, 0.3) is 0 Å². The van der Waals surface area contributed by atoms with Crippen LogP contribution in [0.1, 0.15) is 38.3 Å². The van der Waals surface area contributed by atoms with Crippen molar-refractivity contribution in [1.29, 1.82) is 0 Å². The Morgan fingerprint density at radius 1 is 0.971 bits per heavy atom. The van der Waals surface area contributed by atoms with Gasteiger partial charge < -0.3 is 32.1 Å². The van der Waals surface area contributed by atoms with Crippen LogP contribution in [-0.2, 0) is 22.6 Å². The first kappa shape index (κ1) is 27.8. The second kappa shape index (κ2) is 12.9. The molecule has 0 aliphatic carbocycles. The minimum atomic E-state index is -1.14. The Morgan fingerprint density at radius 2 is 1.51 bits per heavy atom. The maximum absolute atomic E-state index is 13.1. The number of nitrogens with one attached hydrogen (secondary N) is 2. The van der Waals surface area contributed by atoms with E-state index in [4.69, 9.17) is 11.5 Å². The summed E-state index contributed by atoms with van der Waals surface area (Å²) in [5.74, 6) is -1.29. The highest BCUT2D eigenvalue weighted by atomic mass is 16.3. The lowest BCUT2D eigenvalue weighted by Crippen LogP contribution is -2.56. The number of aliphatic hydroxyl groups excluding tert-OH is 1. The fourth-order valence-electron chi connectivity index (χ4n) is 3.53. The molecule has 0 heterocycles. The summed E-state index contributed by atoms with van der Waals surface area (Å²) in [4.78, 5) is 38.4. The van der Waals surface area contributed by atoms with E-state index in [2.05, 4.69) is 10.6 Å². The van der Waals surface area contributed by atoms with Gasteiger partial charge in [-0.25, -0.2) is 4.79 Å². The van der Waals surface area contributed by atoms with Crippen molar-refractivity contribution in [3.8, 4) is 0 Å². The van der Waals surface area contributed by atoms with E-state index in [9.17, 15) is 19.5 Å². The molecule has 190 valence electrons. The fourth-order valence-corrected chi connectivity index (χ4v) is 3.53. The summed E-state index contributed by atoms with van der Waals surface area (Å²) in [5.41, 5.74) is 12.3. The lowest BCUT2D eigenvalue weighted by Gasteiger charge is -2.33. The molecule has 2 aromatic rings. The number of aliphatic hydroxyl groups is 1. The summed E-state index contributed by atoms with van der Waals surface area (Å²) >= 11 is 0. The van der Waals surface area contributed by atoms with Crippen LogP contribution >= 0.6 is 0 Å². The van der Waals surface area contributed by atoms with Crippen molar-refractivity contribution in [3.63, 3.8) is 0 Å². The first-order chi connectivity index (χ1) is 16.4. The average molecular weight is 484 g/mol. The zero-order valence-corrected chi connectivity index (χ0v) is 20.6. The summed E-state index contributed by atoms with van der Waals surface area (Å²) in [6.07, 6.45) is -1.13. The number of carbonyl (C=O) groups is 3.